The van der Waals surface area contributed by atoms with Gasteiger partial charge in [0.25, 0.3) is 5.91 Å². The van der Waals surface area contributed by atoms with Crippen LogP contribution in [0.5, 0.6) is 0 Å². The quantitative estimate of drug-likeness (QED) is 0.945. The molecule has 0 unspecified atom stereocenters. The Labute approximate surface area is 126 Å². The highest BCUT2D eigenvalue weighted by Gasteiger charge is 2.18. The third kappa shape index (κ3) is 3.77. The van der Waals surface area contributed by atoms with Crippen LogP contribution in [0, 0.1) is 5.82 Å². The van der Waals surface area contributed by atoms with Gasteiger partial charge in [-0.1, -0.05) is 23.7 Å². The number of hydrogen-bond acceptors (Lipinski definition) is 3. The van der Waals surface area contributed by atoms with Gasteiger partial charge in [0.05, 0.1) is 23.2 Å². The fraction of sp³-hybridized carbons (Fsp3) is 0.200. The molecule has 2 rings (SSSR count). The summed E-state index contributed by atoms with van der Waals surface area (Å²) in [6, 6.07) is 7.02. The summed E-state index contributed by atoms with van der Waals surface area (Å²) in [7, 11) is 1.56. The van der Waals surface area contributed by atoms with Crippen LogP contribution in [-0.4, -0.2) is 34.5 Å². The number of aromatic nitrogens is 1. The molecule has 0 fully saturated rings. The van der Waals surface area contributed by atoms with Gasteiger partial charge in [-0.05, 0) is 23.8 Å². The minimum Gasteiger partial charge on any atom is -0.387 e. The van der Waals surface area contributed by atoms with Crippen LogP contribution in [0.1, 0.15) is 22.0 Å². The van der Waals surface area contributed by atoms with Crippen molar-refractivity contribution < 1.29 is 14.3 Å². The number of aliphatic hydroxyl groups excluding tert-OH is 1. The number of nitrogens with zero attached hydrogens (tertiary/aromatic N) is 2. The SMILES string of the molecule is CN(C[C@H](O)c1ccc(F)cc1)C(=O)c1ccncc1Cl. The van der Waals surface area contributed by atoms with E-state index in [4.69, 9.17) is 11.6 Å². The molecule has 1 heterocycles. The monoisotopic (exact) mass is 308 g/mol. The fourth-order valence-electron chi connectivity index (χ4n) is 1.89. The number of amides is 1. The Balaban J connectivity index is 2.07. The van der Waals surface area contributed by atoms with Gasteiger partial charge in [-0.25, -0.2) is 4.39 Å². The van der Waals surface area contributed by atoms with Crippen LogP contribution in [0.4, 0.5) is 4.39 Å². The van der Waals surface area contributed by atoms with E-state index >= 15 is 0 Å². The summed E-state index contributed by atoms with van der Waals surface area (Å²) in [5.74, 6) is -0.692. The molecule has 0 saturated heterocycles. The van der Waals surface area contributed by atoms with Crippen LogP contribution in [0.2, 0.25) is 5.02 Å². The molecule has 2 aromatic rings. The van der Waals surface area contributed by atoms with Crippen molar-refractivity contribution in [2.24, 2.45) is 0 Å². The Morgan fingerprint density at radius 1 is 1.38 bits per heavy atom. The molecule has 4 nitrogen and oxygen atoms in total. The second-order valence-electron chi connectivity index (χ2n) is 4.61. The van der Waals surface area contributed by atoms with Crippen molar-refractivity contribution in [1.29, 1.82) is 0 Å². The molecule has 0 aliphatic carbocycles. The van der Waals surface area contributed by atoms with Crippen molar-refractivity contribution in [2.45, 2.75) is 6.10 Å². The molecular weight excluding hydrogens is 295 g/mol. The molecule has 0 aliphatic heterocycles. The van der Waals surface area contributed by atoms with Gasteiger partial charge in [0, 0.05) is 19.4 Å². The van der Waals surface area contributed by atoms with Crippen LogP contribution in [0.25, 0.3) is 0 Å². The van der Waals surface area contributed by atoms with Crippen LogP contribution < -0.4 is 0 Å². The lowest BCUT2D eigenvalue weighted by atomic mass is 10.1. The highest BCUT2D eigenvalue weighted by molar-refractivity contribution is 6.33. The first-order valence-electron chi connectivity index (χ1n) is 6.27. The predicted octanol–water partition coefficient (Wildman–Crippen LogP) is 2.68. The van der Waals surface area contributed by atoms with Crippen molar-refractivity contribution in [1.82, 2.24) is 9.88 Å². The molecule has 21 heavy (non-hydrogen) atoms. The second-order valence-corrected chi connectivity index (χ2v) is 5.02. The number of carbonyl (C=O) groups excluding carboxylic acids is 1. The van der Waals surface area contributed by atoms with E-state index in [0.29, 0.717) is 11.1 Å². The minimum absolute atomic E-state index is 0.0725. The van der Waals surface area contributed by atoms with Crippen molar-refractivity contribution >= 4 is 17.5 Å². The Hall–Kier alpha value is -1.98. The average Bonchev–Trinajstić information content (AvgIpc) is 2.47. The number of benzene rings is 1. The number of carbonyl (C=O) groups is 1. The maximum atomic E-state index is 12.8. The molecular formula is C15H14ClFN2O2. The predicted molar refractivity (Wildman–Crippen MR) is 77.6 cm³/mol. The lowest BCUT2D eigenvalue weighted by Crippen LogP contribution is -2.31. The number of pyridine rings is 1. The van der Waals surface area contributed by atoms with Gasteiger partial charge in [0.1, 0.15) is 5.82 Å². The maximum absolute atomic E-state index is 12.8. The van der Waals surface area contributed by atoms with E-state index in [9.17, 15) is 14.3 Å². The summed E-state index contributed by atoms with van der Waals surface area (Å²) in [5, 5.41) is 10.3. The summed E-state index contributed by atoms with van der Waals surface area (Å²) in [4.78, 5) is 17.4. The molecule has 0 spiro atoms. The zero-order chi connectivity index (χ0) is 15.4. The first-order chi connectivity index (χ1) is 9.99. The van der Waals surface area contributed by atoms with Crippen LogP contribution in [0.15, 0.2) is 42.7 Å². The van der Waals surface area contributed by atoms with E-state index in [1.54, 1.807) is 7.05 Å². The third-order valence-corrected chi connectivity index (χ3v) is 3.35. The largest absolute Gasteiger partial charge is 0.387 e. The Bertz CT molecular complexity index is 634. The number of hydrogen-bond donors (Lipinski definition) is 1. The zero-order valence-corrected chi connectivity index (χ0v) is 12.1. The molecule has 6 heteroatoms. The molecule has 0 aliphatic rings. The second kappa shape index (κ2) is 6.65. The van der Waals surface area contributed by atoms with E-state index in [0.717, 1.165) is 0 Å². The van der Waals surface area contributed by atoms with Gasteiger partial charge in [-0.15, -0.1) is 0 Å². The molecule has 110 valence electrons. The molecule has 1 atom stereocenters. The summed E-state index contributed by atoms with van der Waals surface area (Å²) in [5.41, 5.74) is 0.859. The fourth-order valence-corrected chi connectivity index (χ4v) is 2.09. The average molecular weight is 309 g/mol. The number of halogens is 2. The van der Waals surface area contributed by atoms with Gasteiger partial charge in [0.15, 0.2) is 0 Å². The van der Waals surface area contributed by atoms with Crippen LogP contribution in [0.3, 0.4) is 0 Å². The number of aliphatic hydroxyl groups is 1. The van der Waals surface area contributed by atoms with Gasteiger partial charge in [0.2, 0.25) is 0 Å². The van der Waals surface area contributed by atoms with Crippen molar-refractivity contribution in [2.75, 3.05) is 13.6 Å². The van der Waals surface area contributed by atoms with Crippen LogP contribution >= 0.6 is 11.6 Å². The van der Waals surface area contributed by atoms with Gasteiger partial charge in [-0.2, -0.15) is 0 Å². The topological polar surface area (TPSA) is 53.4 Å². The molecule has 1 aromatic heterocycles. The molecule has 0 bridgehead atoms. The lowest BCUT2D eigenvalue weighted by Gasteiger charge is -2.21. The summed E-state index contributed by atoms with van der Waals surface area (Å²) in [6.07, 6.45) is 1.96. The molecule has 1 aromatic carbocycles. The van der Waals surface area contributed by atoms with Crippen LogP contribution in [-0.2, 0) is 0 Å². The Kier molecular flexibility index (Phi) is 4.88. The number of likely N-dealkylation sites (N-methyl/N-ethyl adjacent to an activating group) is 1. The van der Waals surface area contributed by atoms with Gasteiger partial charge in [-0.3, -0.25) is 9.78 Å². The Morgan fingerprint density at radius 3 is 2.67 bits per heavy atom. The molecule has 0 saturated carbocycles. The molecule has 1 N–H and O–H groups in total. The third-order valence-electron chi connectivity index (χ3n) is 3.05. The summed E-state index contributed by atoms with van der Waals surface area (Å²) >= 11 is 5.92. The number of rotatable bonds is 4. The van der Waals surface area contributed by atoms with Crippen molar-refractivity contribution in [3.63, 3.8) is 0 Å². The van der Waals surface area contributed by atoms with E-state index in [2.05, 4.69) is 4.98 Å². The maximum Gasteiger partial charge on any atom is 0.255 e. The molecule has 1 amide bonds. The Morgan fingerprint density at radius 2 is 2.05 bits per heavy atom. The summed E-state index contributed by atoms with van der Waals surface area (Å²) < 4.78 is 12.8. The van der Waals surface area contributed by atoms with E-state index < -0.39 is 6.10 Å². The van der Waals surface area contributed by atoms with Crippen molar-refractivity contribution in [3.05, 3.63) is 64.7 Å². The smallest absolute Gasteiger partial charge is 0.255 e. The van der Waals surface area contributed by atoms with E-state index in [1.165, 1.54) is 47.6 Å². The standard InChI is InChI=1S/C15H14ClFN2O2/c1-19(15(21)12-6-7-18-8-13(12)16)9-14(20)10-2-4-11(17)5-3-10/h2-8,14,20H,9H2,1H3/t14-/m0/s1. The van der Waals surface area contributed by atoms with E-state index in [1.807, 2.05) is 0 Å². The first kappa shape index (κ1) is 15.4. The van der Waals surface area contributed by atoms with Gasteiger partial charge < -0.3 is 10.0 Å². The lowest BCUT2D eigenvalue weighted by molar-refractivity contribution is 0.0681. The van der Waals surface area contributed by atoms with Crippen molar-refractivity contribution in [3.8, 4) is 0 Å². The zero-order valence-electron chi connectivity index (χ0n) is 11.3. The van der Waals surface area contributed by atoms with E-state index in [-0.39, 0.29) is 23.3 Å². The highest BCUT2D eigenvalue weighted by Crippen LogP contribution is 2.18. The normalized spacial score (nSPS) is 12.0. The van der Waals surface area contributed by atoms with Gasteiger partial charge >= 0.3 is 0 Å². The minimum atomic E-state index is -0.903. The highest BCUT2D eigenvalue weighted by atomic mass is 35.5. The molecule has 0 radical (unpaired) electrons. The summed E-state index contributed by atoms with van der Waals surface area (Å²) in [6.45, 7) is 0.0725. The first-order valence-corrected chi connectivity index (χ1v) is 6.65.